The molecule has 68 valence electrons. The summed E-state index contributed by atoms with van der Waals surface area (Å²) in [5.74, 6) is -0.0898. The first kappa shape index (κ1) is 9.38. The summed E-state index contributed by atoms with van der Waals surface area (Å²) >= 11 is 0. The minimum absolute atomic E-state index is 0.276. The molecule has 0 unspecified atom stereocenters. The summed E-state index contributed by atoms with van der Waals surface area (Å²) < 4.78 is 5.15. The molecule has 0 bridgehead atoms. The average molecular weight is 179 g/mol. The third kappa shape index (κ3) is 2.37. The largest absolute Gasteiger partial charge is 0.494 e. The summed E-state index contributed by atoms with van der Waals surface area (Å²) in [6.45, 7) is 2.44. The van der Waals surface area contributed by atoms with E-state index in [-0.39, 0.29) is 5.56 Å². The molecule has 0 aliphatic heterocycles. The molecule has 1 amide bonds. The summed E-state index contributed by atoms with van der Waals surface area (Å²) in [5.41, 5.74) is 0.276. The van der Waals surface area contributed by atoms with Gasteiger partial charge >= 0.3 is 5.91 Å². The first-order valence-electron chi connectivity index (χ1n) is 3.88. The highest BCUT2D eigenvalue weighted by Crippen LogP contribution is 2.12. The van der Waals surface area contributed by atoms with Gasteiger partial charge in [0.15, 0.2) is 0 Å². The van der Waals surface area contributed by atoms with Crippen LogP contribution in [0.15, 0.2) is 29.4 Å². The molecule has 0 saturated carbocycles. The van der Waals surface area contributed by atoms with Gasteiger partial charge in [-0.3, -0.25) is 4.79 Å². The molecule has 0 aliphatic rings. The standard InChI is InChI=1S/C9H9NO3/c1-2-13-8-5-3-7(4-6-8)9(11)10-12/h3-6H,2H2,1H3. The zero-order valence-electron chi connectivity index (χ0n) is 7.19. The molecule has 1 aromatic rings. The Morgan fingerprint density at radius 1 is 1.38 bits per heavy atom. The Morgan fingerprint density at radius 2 is 2.00 bits per heavy atom. The second kappa shape index (κ2) is 4.35. The van der Waals surface area contributed by atoms with Crippen molar-refractivity contribution in [3.8, 4) is 5.75 Å². The summed E-state index contributed by atoms with van der Waals surface area (Å²) in [6.07, 6.45) is 0. The predicted molar refractivity (Wildman–Crippen MR) is 47.7 cm³/mol. The SMILES string of the molecule is CCOc1ccc(C(=O)N=O)cc1. The van der Waals surface area contributed by atoms with E-state index in [2.05, 4.69) is 5.18 Å². The Morgan fingerprint density at radius 3 is 2.46 bits per heavy atom. The number of nitrogens with zero attached hydrogens (tertiary/aromatic N) is 1. The van der Waals surface area contributed by atoms with E-state index >= 15 is 0 Å². The molecular formula is C9H9NO3. The van der Waals surface area contributed by atoms with Gasteiger partial charge in [0.25, 0.3) is 0 Å². The fraction of sp³-hybridized carbons (Fsp3) is 0.222. The maximum Gasteiger partial charge on any atom is 0.316 e. The molecule has 0 aliphatic carbocycles. The topological polar surface area (TPSA) is 55.7 Å². The quantitative estimate of drug-likeness (QED) is 0.666. The molecule has 0 spiro atoms. The zero-order chi connectivity index (χ0) is 9.68. The fourth-order valence-corrected chi connectivity index (χ4v) is 0.913. The Hall–Kier alpha value is -1.71. The van der Waals surface area contributed by atoms with Gasteiger partial charge in [-0.25, -0.2) is 0 Å². The van der Waals surface area contributed by atoms with Crippen molar-refractivity contribution in [2.24, 2.45) is 5.18 Å². The molecule has 4 heteroatoms. The van der Waals surface area contributed by atoms with E-state index in [0.29, 0.717) is 12.4 Å². The van der Waals surface area contributed by atoms with Crippen molar-refractivity contribution in [1.29, 1.82) is 0 Å². The Bertz CT molecular complexity index is 305. The minimum atomic E-state index is -0.761. The number of benzene rings is 1. The number of carbonyl (C=O) groups excluding carboxylic acids is 1. The molecule has 1 rings (SSSR count). The maximum absolute atomic E-state index is 10.8. The summed E-state index contributed by atoms with van der Waals surface area (Å²) in [7, 11) is 0. The predicted octanol–water partition coefficient (Wildman–Crippen LogP) is 1.99. The van der Waals surface area contributed by atoms with Crippen LogP contribution < -0.4 is 4.74 Å². The van der Waals surface area contributed by atoms with E-state index in [0.717, 1.165) is 0 Å². The monoisotopic (exact) mass is 179 g/mol. The van der Waals surface area contributed by atoms with Crippen LogP contribution in [0.25, 0.3) is 0 Å². The first-order valence-corrected chi connectivity index (χ1v) is 3.88. The Labute approximate surface area is 75.5 Å². The van der Waals surface area contributed by atoms with Crippen LogP contribution in [0.3, 0.4) is 0 Å². The molecule has 0 aromatic heterocycles. The van der Waals surface area contributed by atoms with Crippen LogP contribution >= 0.6 is 0 Å². The lowest BCUT2D eigenvalue weighted by Crippen LogP contribution is -1.95. The van der Waals surface area contributed by atoms with Gasteiger partial charge in [0.1, 0.15) is 5.75 Å². The second-order valence-corrected chi connectivity index (χ2v) is 2.35. The van der Waals surface area contributed by atoms with Crippen molar-refractivity contribution in [3.63, 3.8) is 0 Å². The summed E-state index contributed by atoms with van der Waals surface area (Å²) in [5, 5.41) is 2.30. The van der Waals surface area contributed by atoms with Gasteiger partial charge < -0.3 is 4.74 Å². The van der Waals surface area contributed by atoms with E-state index < -0.39 is 5.91 Å². The van der Waals surface area contributed by atoms with Crippen molar-refractivity contribution >= 4 is 5.91 Å². The van der Waals surface area contributed by atoms with Crippen LogP contribution in [0, 0.1) is 4.91 Å². The second-order valence-electron chi connectivity index (χ2n) is 2.35. The number of amides is 1. The van der Waals surface area contributed by atoms with Gasteiger partial charge in [0.2, 0.25) is 0 Å². The van der Waals surface area contributed by atoms with Crippen molar-refractivity contribution in [3.05, 3.63) is 34.7 Å². The molecule has 4 nitrogen and oxygen atoms in total. The van der Waals surface area contributed by atoms with E-state index in [9.17, 15) is 9.70 Å². The summed E-state index contributed by atoms with van der Waals surface area (Å²) in [6, 6.07) is 6.27. The molecule has 0 heterocycles. The first-order chi connectivity index (χ1) is 6.27. The Balaban J connectivity index is 2.80. The summed E-state index contributed by atoms with van der Waals surface area (Å²) in [4.78, 5) is 20.6. The van der Waals surface area contributed by atoms with Crippen molar-refractivity contribution in [1.82, 2.24) is 0 Å². The fourth-order valence-electron chi connectivity index (χ4n) is 0.913. The number of hydrogen-bond donors (Lipinski definition) is 0. The molecule has 13 heavy (non-hydrogen) atoms. The van der Waals surface area contributed by atoms with Gasteiger partial charge in [0, 0.05) is 10.7 Å². The lowest BCUT2D eigenvalue weighted by Gasteiger charge is -2.01. The van der Waals surface area contributed by atoms with E-state index in [1.807, 2.05) is 6.92 Å². The van der Waals surface area contributed by atoms with Gasteiger partial charge in [-0.2, -0.15) is 0 Å². The number of nitroso groups, excluding NO2 is 1. The molecule has 0 N–H and O–H groups in total. The maximum atomic E-state index is 10.8. The molecule has 1 aromatic carbocycles. The van der Waals surface area contributed by atoms with Gasteiger partial charge in [-0.05, 0) is 31.2 Å². The lowest BCUT2D eigenvalue weighted by atomic mass is 10.2. The van der Waals surface area contributed by atoms with Crippen LogP contribution in [-0.2, 0) is 0 Å². The van der Waals surface area contributed by atoms with E-state index in [1.165, 1.54) is 12.1 Å². The van der Waals surface area contributed by atoms with Crippen molar-refractivity contribution in [2.45, 2.75) is 6.92 Å². The highest BCUT2D eigenvalue weighted by Gasteiger charge is 2.04. The van der Waals surface area contributed by atoms with Crippen LogP contribution in [0.4, 0.5) is 0 Å². The normalized spacial score (nSPS) is 9.31. The average Bonchev–Trinajstić information content (AvgIpc) is 2.18. The lowest BCUT2D eigenvalue weighted by molar-refractivity contribution is 0.100. The third-order valence-electron chi connectivity index (χ3n) is 1.50. The molecule has 0 radical (unpaired) electrons. The highest BCUT2D eigenvalue weighted by molar-refractivity contribution is 5.94. The van der Waals surface area contributed by atoms with Crippen LogP contribution in [0.1, 0.15) is 17.3 Å². The van der Waals surface area contributed by atoms with Gasteiger partial charge in [-0.1, -0.05) is 0 Å². The molecular weight excluding hydrogens is 170 g/mol. The van der Waals surface area contributed by atoms with Crippen molar-refractivity contribution < 1.29 is 9.53 Å². The van der Waals surface area contributed by atoms with E-state index in [1.54, 1.807) is 12.1 Å². The third-order valence-corrected chi connectivity index (χ3v) is 1.50. The number of hydrogen-bond acceptors (Lipinski definition) is 3. The van der Waals surface area contributed by atoms with E-state index in [4.69, 9.17) is 4.74 Å². The van der Waals surface area contributed by atoms with Gasteiger partial charge in [0.05, 0.1) is 6.61 Å². The molecule has 0 atom stereocenters. The number of ether oxygens (including phenoxy) is 1. The molecule has 0 fully saturated rings. The smallest absolute Gasteiger partial charge is 0.316 e. The van der Waals surface area contributed by atoms with Gasteiger partial charge in [-0.15, -0.1) is 4.91 Å². The highest BCUT2D eigenvalue weighted by atomic mass is 16.5. The number of rotatable bonds is 3. The Kier molecular flexibility index (Phi) is 3.14. The zero-order valence-corrected chi connectivity index (χ0v) is 7.19. The number of carbonyl (C=O) groups is 1. The van der Waals surface area contributed by atoms with Crippen LogP contribution in [-0.4, -0.2) is 12.5 Å². The van der Waals surface area contributed by atoms with Crippen molar-refractivity contribution in [2.75, 3.05) is 6.61 Å². The van der Waals surface area contributed by atoms with Crippen LogP contribution in [0.2, 0.25) is 0 Å². The van der Waals surface area contributed by atoms with Crippen LogP contribution in [0.5, 0.6) is 5.75 Å². The molecule has 0 saturated heterocycles. The minimum Gasteiger partial charge on any atom is -0.494 e.